The van der Waals surface area contributed by atoms with Crippen LogP contribution in [-0.4, -0.2) is 51.1 Å². The van der Waals surface area contributed by atoms with Crippen LogP contribution in [0.25, 0.3) is 0 Å². The van der Waals surface area contributed by atoms with Gasteiger partial charge in [-0.25, -0.2) is 4.98 Å². The summed E-state index contributed by atoms with van der Waals surface area (Å²) in [6.45, 7) is 5.47. The average Bonchev–Trinajstić information content (AvgIpc) is 2.94. The smallest absolute Gasteiger partial charge is 0.239 e. The SMILES string of the molecule is Cc1ccc(NC(=O)C2CCCN(CC(=O)Nc3cc(C)nn3C)C2)nc1. The molecule has 8 heteroatoms. The van der Waals surface area contributed by atoms with Gasteiger partial charge in [0, 0.05) is 25.9 Å². The lowest BCUT2D eigenvalue weighted by Crippen LogP contribution is -2.44. The third-order valence-corrected chi connectivity index (χ3v) is 4.68. The second-order valence-electron chi connectivity index (χ2n) is 7.13. The Hall–Kier alpha value is -2.74. The maximum atomic E-state index is 12.5. The molecule has 1 fully saturated rings. The number of nitrogens with one attached hydrogen (secondary N) is 2. The van der Waals surface area contributed by atoms with Gasteiger partial charge < -0.3 is 10.6 Å². The molecular weight excluding hydrogens is 344 g/mol. The van der Waals surface area contributed by atoms with Crippen molar-refractivity contribution in [3.05, 3.63) is 35.7 Å². The molecule has 1 atom stereocenters. The lowest BCUT2D eigenvalue weighted by Gasteiger charge is -2.31. The number of hydrogen-bond donors (Lipinski definition) is 2. The normalized spacial score (nSPS) is 17.5. The van der Waals surface area contributed by atoms with Crippen molar-refractivity contribution >= 4 is 23.5 Å². The Labute approximate surface area is 159 Å². The number of nitrogens with zero attached hydrogens (tertiary/aromatic N) is 4. The summed E-state index contributed by atoms with van der Waals surface area (Å²) in [6, 6.07) is 5.55. The van der Waals surface area contributed by atoms with Gasteiger partial charge in [-0.15, -0.1) is 0 Å². The molecule has 1 aliphatic heterocycles. The molecule has 0 aliphatic carbocycles. The van der Waals surface area contributed by atoms with Crippen molar-refractivity contribution in [3.8, 4) is 0 Å². The van der Waals surface area contributed by atoms with Crippen LogP contribution in [0.2, 0.25) is 0 Å². The molecule has 2 aromatic heterocycles. The van der Waals surface area contributed by atoms with Crippen LogP contribution in [0, 0.1) is 19.8 Å². The summed E-state index contributed by atoms with van der Waals surface area (Å²) in [5.41, 5.74) is 1.90. The van der Waals surface area contributed by atoms with E-state index in [1.54, 1.807) is 24.0 Å². The molecular formula is C19H26N6O2. The van der Waals surface area contributed by atoms with Crippen LogP contribution in [0.5, 0.6) is 0 Å². The first kappa shape index (κ1) is 19.0. The number of likely N-dealkylation sites (tertiary alicyclic amines) is 1. The van der Waals surface area contributed by atoms with Gasteiger partial charge in [-0.05, 0) is 44.9 Å². The van der Waals surface area contributed by atoms with Crippen LogP contribution in [0.3, 0.4) is 0 Å². The van der Waals surface area contributed by atoms with E-state index < -0.39 is 0 Å². The van der Waals surface area contributed by atoms with Crippen molar-refractivity contribution in [3.63, 3.8) is 0 Å². The number of aromatic nitrogens is 3. The van der Waals surface area contributed by atoms with E-state index in [4.69, 9.17) is 0 Å². The molecule has 1 aliphatic rings. The third-order valence-electron chi connectivity index (χ3n) is 4.68. The number of carbonyl (C=O) groups is 2. The molecule has 0 bridgehead atoms. The first-order valence-corrected chi connectivity index (χ1v) is 9.17. The maximum absolute atomic E-state index is 12.5. The van der Waals surface area contributed by atoms with Gasteiger partial charge >= 0.3 is 0 Å². The second kappa shape index (κ2) is 8.30. The molecule has 144 valence electrons. The second-order valence-corrected chi connectivity index (χ2v) is 7.13. The Morgan fingerprint density at radius 1 is 1.26 bits per heavy atom. The molecule has 3 heterocycles. The van der Waals surface area contributed by atoms with E-state index in [0.29, 0.717) is 18.2 Å². The summed E-state index contributed by atoms with van der Waals surface area (Å²) in [5, 5.41) is 9.97. The van der Waals surface area contributed by atoms with Crippen LogP contribution in [0.1, 0.15) is 24.1 Å². The summed E-state index contributed by atoms with van der Waals surface area (Å²) in [6.07, 6.45) is 3.43. The summed E-state index contributed by atoms with van der Waals surface area (Å²) in [4.78, 5) is 31.1. The fourth-order valence-electron chi connectivity index (χ4n) is 3.30. The predicted octanol–water partition coefficient (Wildman–Crippen LogP) is 1.72. The van der Waals surface area contributed by atoms with Crippen molar-refractivity contribution in [1.29, 1.82) is 0 Å². The lowest BCUT2D eigenvalue weighted by molar-refractivity contribution is -0.123. The van der Waals surface area contributed by atoms with Crippen LogP contribution in [-0.2, 0) is 16.6 Å². The van der Waals surface area contributed by atoms with E-state index >= 15 is 0 Å². The van der Waals surface area contributed by atoms with Gasteiger partial charge in [-0.2, -0.15) is 5.10 Å². The zero-order chi connectivity index (χ0) is 19.4. The Kier molecular flexibility index (Phi) is 5.85. The number of amides is 2. The molecule has 3 rings (SSSR count). The molecule has 2 aromatic rings. The molecule has 0 radical (unpaired) electrons. The highest BCUT2D eigenvalue weighted by atomic mass is 16.2. The Morgan fingerprint density at radius 2 is 2.07 bits per heavy atom. The Bertz CT molecular complexity index is 814. The number of pyridine rings is 1. The van der Waals surface area contributed by atoms with E-state index in [0.717, 1.165) is 30.6 Å². The standard InChI is InChI=1S/C19H26N6O2/c1-13-6-7-16(20-10-13)21-19(27)15-5-4-8-25(11-15)12-18(26)22-17-9-14(2)23-24(17)3/h6-7,9-10,15H,4-5,8,11-12H2,1-3H3,(H,22,26)(H,20,21,27). The van der Waals surface area contributed by atoms with Crippen molar-refractivity contribution < 1.29 is 9.59 Å². The summed E-state index contributed by atoms with van der Waals surface area (Å²) in [5.74, 6) is 0.952. The van der Waals surface area contributed by atoms with E-state index in [-0.39, 0.29) is 24.3 Å². The minimum Gasteiger partial charge on any atom is -0.310 e. The minimum atomic E-state index is -0.145. The van der Waals surface area contributed by atoms with Gasteiger partial charge in [0.05, 0.1) is 18.2 Å². The van der Waals surface area contributed by atoms with Crippen molar-refractivity contribution in [2.75, 3.05) is 30.3 Å². The highest BCUT2D eigenvalue weighted by Gasteiger charge is 2.27. The van der Waals surface area contributed by atoms with Crippen molar-refractivity contribution in [2.24, 2.45) is 13.0 Å². The van der Waals surface area contributed by atoms with E-state index in [2.05, 4.69) is 20.7 Å². The largest absolute Gasteiger partial charge is 0.310 e. The average molecular weight is 370 g/mol. The molecule has 0 saturated carbocycles. The number of carbonyl (C=O) groups excluding carboxylic acids is 2. The Balaban J connectivity index is 1.52. The van der Waals surface area contributed by atoms with Crippen molar-refractivity contribution in [1.82, 2.24) is 19.7 Å². The monoisotopic (exact) mass is 370 g/mol. The quantitative estimate of drug-likeness (QED) is 0.836. The predicted molar refractivity (Wildman–Crippen MR) is 103 cm³/mol. The van der Waals surface area contributed by atoms with Crippen LogP contribution < -0.4 is 10.6 Å². The number of rotatable bonds is 5. The fourth-order valence-corrected chi connectivity index (χ4v) is 3.30. The molecule has 2 N–H and O–H groups in total. The van der Waals surface area contributed by atoms with Crippen molar-refractivity contribution in [2.45, 2.75) is 26.7 Å². The highest BCUT2D eigenvalue weighted by Crippen LogP contribution is 2.18. The molecule has 1 saturated heterocycles. The fraction of sp³-hybridized carbons (Fsp3) is 0.474. The number of piperidine rings is 1. The maximum Gasteiger partial charge on any atom is 0.239 e. The summed E-state index contributed by atoms with van der Waals surface area (Å²) >= 11 is 0. The zero-order valence-electron chi connectivity index (χ0n) is 16.0. The number of aryl methyl sites for hydroxylation is 3. The first-order chi connectivity index (χ1) is 12.9. The first-order valence-electron chi connectivity index (χ1n) is 9.17. The molecule has 2 amide bonds. The zero-order valence-corrected chi connectivity index (χ0v) is 16.0. The van der Waals surface area contributed by atoms with Gasteiger partial charge in [0.2, 0.25) is 11.8 Å². The summed E-state index contributed by atoms with van der Waals surface area (Å²) in [7, 11) is 1.79. The number of hydrogen-bond acceptors (Lipinski definition) is 5. The van der Waals surface area contributed by atoms with Gasteiger partial charge in [0.25, 0.3) is 0 Å². The highest BCUT2D eigenvalue weighted by molar-refractivity contribution is 5.93. The van der Waals surface area contributed by atoms with Gasteiger partial charge in [0.15, 0.2) is 0 Å². The molecule has 8 nitrogen and oxygen atoms in total. The summed E-state index contributed by atoms with van der Waals surface area (Å²) < 4.78 is 1.65. The third kappa shape index (κ3) is 5.13. The molecule has 0 aromatic carbocycles. The van der Waals surface area contributed by atoms with Gasteiger partial charge in [0.1, 0.15) is 11.6 Å². The lowest BCUT2D eigenvalue weighted by atomic mass is 9.97. The van der Waals surface area contributed by atoms with Gasteiger partial charge in [-0.3, -0.25) is 19.2 Å². The topological polar surface area (TPSA) is 92.2 Å². The van der Waals surface area contributed by atoms with E-state index in [1.807, 2.05) is 30.9 Å². The molecule has 0 spiro atoms. The molecule has 1 unspecified atom stereocenters. The minimum absolute atomic E-state index is 0.0429. The molecule has 27 heavy (non-hydrogen) atoms. The van der Waals surface area contributed by atoms with Gasteiger partial charge in [-0.1, -0.05) is 6.07 Å². The van der Waals surface area contributed by atoms with Crippen LogP contribution >= 0.6 is 0 Å². The Morgan fingerprint density at radius 3 is 2.74 bits per heavy atom. The van der Waals surface area contributed by atoms with Crippen LogP contribution in [0.4, 0.5) is 11.6 Å². The number of anilines is 2. The van der Waals surface area contributed by atoms with E-state index in [9.17, 15) is 9.59 Å². The van der Waals surface area contributed by atoms with E-state index in [1.165, 1.54) is 0 Å². The van der Waals surface area contributed by atoms with Crippen LogP contribution in [0.15, 0.2) is 24.4 Å².